The highest BCUT2D eigenvalue weighted by Crippen LogP contribution is 2.23. The third-order valence-corrected chi connectivity index (χ3v) is 2.72. The number of unbranched alkanes of at least 4 members (excludes halogenated alkanes) is 3. The van der Waals surface area contributed by atoms with Crippen LogP contribution >= 0.6 is 0 Å². The van der Waals surface area contributed by atoms with Gasteiger partial charge in [0.05, 0.1) is 6.61 Å². The van der Waals surface area contributed by atoms with Crippen LogP contribution in [-0.4, -0.2) is 18.3 Å². The number of benzene rings is 1. The van der Waals surface area contributed by atoms with Crippen molar-refractivity contribution in [2.45, 2.75) is 38.6 Å². The third kappa shape index (κ3) is 5.20. The zero-order chi connectivity index (χ0) is 12.5. The van der Waals surface area contributed by atoms with Gasteiger partial charge in [0, 0.05) is 18.2 Å². The van der Waals surface area contributed by atoms with E-state index in [0.717, 1.165) is 43.6 Å². The van der Waals surface area contributed by atoms with Gasteiger partial charge in [0.1, 0.15) is 5.75 Å². The van der Waals surface area contributed by atoms with Crippen molar-refractivity contribution in [3.8, 4) is 5.75 Å². The summed E-state index contributed by atoms with van der Waals surface area (Å²) in [4.78, 5) is 0. The van der Waals surface area contributed by atoms with Crippen molar-refractivity contribution in [1.82, 2.24) is 0 Å². The monoisotopic (exact) mass is 237 g/mol. The van der Waals surface area contributed by atoms with Gasteiger partial charge in [-0.15, -0.1) is 0 Å². The van der Waals surface area contributed by atoms with Crippen LogP contribution in [0.4, 0.5) is 0 Å². The first kappa shape index (κ1) is 14.0. The highest BCUT2D eigenvalue weighted by molar-refractivity contribution is 5.35. The molecule has 0 aromatic heterocycles. The maximum atomic E-state index is 8.65. The second-order valence-electron chi connectivity index (χ2n) is 4.31. The van der Waals surface area contributed by atoms with E-state index < -0.39 is 0 Å². The molecule has 1 aromatic carbocycles. The zero-order valence-corrected chi connectivity index (χ0v) is 10.6. The Kier molecular flexibility index (Phi) is 6.67. The molecule has 0 fully saturated rings. The predicted octanol–water partition coefficient (Wildman–Crippen LogP) is 2.64. The average Bonchev–Trinajstić information content (AvgIpc) is 2.34. The minimum atomic E-state index is 0.000545. The Balaban J connectivity index is 2.31. The van der Waals surface area contributed by atoms with Gasteiger partial charge in [0.25, 0.3) is 0 Å². The molecule has 0 radical (unpaired) electrons. The molecule has 17 heavy (non-hydrogen) atoms. The number of hydrogen-bond donors (Lipinski definition) is 2. The number of nitrogens with two attached hydrogens (primary N) is 1. The topological polar surface area (TPSA) is 55.5 Å². The normalized spacial score (nSPS) is 12.4. The molecular weight excluding hydrogens is 214 g/mol. The Hall–Kier alpha value is -1.06. The van der Waals surface area contributed by atoms with E-state index >= 15 is 0 Å². The molecule has 0 saturated heterocycles. The van der Waals surface area contributed by atoms with Crippen molar-refractivity contribution in [1.29, 1.82) is 0 Å². The number of aliphatic hydroxyl groups is 1. The van der Waals surface area contributed by atoms with Gasteiger partial charge in [-0.1, -0.05) is 24.6 Å². The standard InChI is InChI=1S/C14H23NO2/c1-12(15)13-8-4-5-9-14(13)17-11-7-3-2-6-10-16/h4-5,8-9,12,16H,2-3,6-7,10-11,15H2,1H3/t12-/m1/s1. The lowest BCUT2D eigenvalue weighted by Crippen LogP contribution is -2.08. The van der Waals surface area contributed by atoms with Crippen LogP contribution in [0, 0.1) is 0 Å². The van der Waals surface area contributed by atoms with Gasteiger partial charge in [-0.3, -0.25) is 0 Å². The van der Waals surface area contributed by atoms with Crippen molar-refractivity contribution in [3.63, 3.8) is 0 Å². The molecule has 0 aliphatic carbocycles. The summed E-state index contributed by atoms with van der Waals surface area (Å²) >= 11 is 0. The zero-order valence-electron chi connectivity index (χ0n) is 10.6. The molecule has 0 heterocycles. The van der Waals surface area contributed by atoms with Crippen LogP contribution in [-0.2, 0) is 0 Å². The lowest BCUT2D eigenvalue weighted by atomic mass is 10.1. The van der Waals surface area contributed by atoms with E-state index in [-0.39, 0.29) is 12.6 Å². The summed E-state index contributed by atoms with van der Waals surface area (Å²) in [5, 5.41) is 8.65. The maximum Gasteiger partial charge on any atom is 0.124 e. The van der Waals surface area contributed by atoms with Crippen LogP contribution < -0.4 is 10.5 Å². The second-order valence-corrected chi connectivity index (χ2v) is 4.31. The summed E-state index contributed by atoms with van der Waals surface area (Å²) in [6.07, 6.45) is 4.07. The number of ether oxygens (including phenoxy) is 1. The van der Waals surface area contributed by atoms with E-state index in [2.05, 4.69) is 0 Å². The van der Waals surface area contributed by atoms with Gasteiger partial charge in [0.2, 0.25) is 0 Å². The van der Waals surface area contributed by atoms with Crippen molar-refractivity contribution >= 4 is 0 Å². The van der Waals surface area contributed by atoms with E-state index in [4.69, 9.17) is 15.6 Å². The van der Waals surface area contributed by atoms with Gasteiger partial charge in [-0.2, -0.15) is 0 Å². The quantitative estimate of drug-likeness (QED) is 0.683. The minimum absolute atomic E-state index is 0.000545. The molecule has 0 spiro atoms. The largest absolute Gasteiger partial charge is 0.493 e. The lowest BCUT2D eigenvalue weighted by molar-refractivity contribution is 0.272. The lowest BCUT2D eigenvalue weighted by Gasteiger charge is -2.13. The Morgan fingerprint density at radius 1 is 1.18 bits per heavy atom. The van der Waals surface area contributed by atoms with Crippen LogP contribution in [0.3, 0.4) is 0 Å². The summed E-state index contributed by atoms with van der Waals surface area (Å²) in [7, 11) is 0. The minimum Gasteiger partial charge on any atom is -0.493 e. The predicted molar refractivity (Wildman–Crippen MR) is 70.1 cm³/mol. The molecule has 3 heteroatoms. The summed E-state index contributed by atoms with van der Waals surface area (Å²) in [5.41, 5.74) is 6.93. The summed E-state index contributed by atoms with van der Waals surface area (Å²) < 4.78 is 5.74. The van der Waals surface area contributed by atoms with Gasteiger partial charge in [-0.25, -0.2) is 0 Å². The first-order chi connectivity index (χ1) is 8.25. The fourth-order valence-electron chi connectivity index (χ4n) is 1.74. The Morgan fingerprint density at radius 3 is 2.59 bits per heavy atom. The van der Waals surface area contributed by atoms with Crippen LogP contribution in [0.25, 0.3) is 0 Å². The molecule has 0 bridgehead atoms. The summed E-state index contributed by atoms with van der Waals surface area (Å²) in [5.74, 6) is 0.893. The SMILES string of the molecule is C[C@@H](N)c1ccccc1OCCCCCCO. The summed E-state index contributed by atoms with van der Waals surface area (Å²) in [6, 6.07) is 7.92. The molecule has 0 amide bonds. The van der Waals surface area contributed by atoms with Crippen molar-refractivity contribution in [2.24, 2.45) is 5.73 Å². The Morgan fingerprint density at radius 2 is 1.88 bits per heavy atom. The fraction of sp³-hybridized carbons (Fsp3) is 0.571. The number of rotatable bonds is 8. The van der Waals surface area contributed by atoms with E-state index in [9.17, 15) is 0 Å². The molecule has 1 aromatic rings. The van der Waals surface area contributed by atoms with Crippen LogP contribution in [0.5, 0.6) is 5.75 Å². The summed E-state index contributed by atoms with van der Waals surface area (Å²) in [6.45, 7) is 2.97. The van der Waals surface area contributed by atoms with Crippen LogP contribution in [0.2, 0.25) is 0 Å². The average molecular weight is 237 g/mol. The van der Waals surface area contributed by atoms with Crippen LogP contribution in [0.1, 0.15) is 44.2 Å². The molecule has 3 nitrogen and oxygen atoms in total. The molecule has 0 aliphatic rings. The smallest absolute Gasteiger partial charge is 0.124 e. The van der Waals surface area contributed by atoms with Gasteiger partial charge in [0.15, 0.2) is 0 Å². The Labute approximate surface area is 104 Å². The first-order valence-electron chi connectivity index (χ1n) is 6.34. The maximum absolute atomic E-state index is 8.65. The molecule has 96 valence electrons. The fourth-order valence-corrected chi connectivity index (χ4v) is 1.74. The van der Waals surface area contributed by atoms with Crippen molar-refractivity contribution in [3.05, 3.63) is 29.8 Å². The molecule has 0 saturated carbocycles. The van der Waals surface area contributed by atoms with E-state index in [1.54, 1.807) is 0 Å². The second kappa shape index (κ2) is 8.09. The molecule has 3 N–H and O–H groups in total. The van der Waals surface area contributed by atoms with E-state index in [0.29, 0.717) is 0 Å². The Bertz CT molecular complexity index is 313. The number of aliphatic hydroxyl groups excluding tert-OH is 1. The molecule has 0 unspecified atom stereocenters. The van der Waals surface area contributed by atoms with Gasteiger partial charge in [-0.05, 0) is 32.3 Å². The highest BCUT2D eigenvalue weighted by atomic mass is 16.5. The number of para-hydroxylation sites is 1. The van der Waals surface area contributed by atoms with Crippen molar-refractivity contribution in [2.75, 3.05) is 13.2 Å². The third-order valence-electron chi connectivity index (χ3n) is 2.72. The van der Waals surface area contributed by atoms with Gasteiger partial charge >= 0.3 is 0 Å². The van der Waals surface area contributed by atoms with Gasteiger partial charge < -0.3 is 15.6 Å². The van der Waals surface area contributed by atoms with E-state index in [1.807, 2.05) is 31.2 Å². The van der Waals surface area contributed by atoms with E-state index in [1.165, 1.54) is 0 Å². The molecular formula is C14H23NO2. The number of hydrogen-bond acceptors (Lipinski definition) is 3. The molecule has 0 aliphatic heterocycles. The molecule has 1 rings (SSSR count). The van der Waals surface area contributed by atoms with Crippen molar-refractivity contribution < 1.29 is 9.84 Å². The highest BCUT2D eigenvalue weighted by Gasteiger charge is 2.06. The molecule has 1 atom stereocenters. The van der Waals surface area contributed by atoms with Crippen LogP contribution in [0.15, 0.2) is 24.3 Å². The first-order valence-corrected chi connectivity index (χ1v) is 6.34.